The topological polar surface area (TPSA) is 53.2 Å². The molecule has 20 heavy (non-hydrogen) atoms. The van der Waals surface area contributed by atoms with Gasteiger partial charge in [-0.2, -0.15) is 5.26 Å². The Hall–Kier alpha value is -1.83. The fraction of sp³-hybridized carbons (Fsp3) is 0.188. The van der Waals surface area contributed by atoms with Gasteiger partial charge in [-0.15, -0.1) is 0 Å². The summed E-state index contributed by atoms with van der Waals surface area (Å²) in [4.78, 5) is 0. The van der Waals surface area contributed by atoms with Crippen molar-refractivity contribution in [3.8, 4) is 17.6 Å². The summed E-state index contributed by atoms with van der Waals surface area (Å²) in [6.07, 6.45) is -0.662. The molecule has 0 aliphatic heterocycles. The van der Waals surface area contributed by atoms with Crippen molar-refractivity contribution in [3.63, 3.8) is 0 Å². The Morgan fingerprint density at radius 3 is 2.60 bits per heavy atom. The molecule has 0 aromatic heterocycles. The van der Waals surface area contributed by atoms with Crippen molar-refractivity contribution in [3.05, 3.63) is 57.6 Å². The first-order valence-corrected chi connectivity index (χ1v) is 6.96. The summed E-state index contributed by atoms with van der Waals surface area (Å²) >= 11 is 3.40. The zero-order valence-corrected chi connectivity index (χ0v) is 12.8. The van der Waals surface area contributed by atoms with E-state index in [-0.39, 0.29) is 0 Å². The minimum atomic E-state index is -0.662. The van der Waals surface area contributed by atoms with Crippen molar-refractivity contribution in [2.24, 2.45) is 0 Å². The summed E-state index contributed by atoms with van der Waals surface area (Å²) < 4.78 is 6.79. The smallest absolute Gasteiger partial charge is 0.134 e. The van der Waals surface area contributed by atoms with Gasteiger partial charge in [0.2, 0.25) is 0 Å². The molecule has 0 saturated heterocycles. The normalized spacial score (nSPS) is 11.8. The molecule has 0 fully saturated rings. The van der Waals surface area contributed by atoms with Crippen molar-refractivity contribution in [2.45, 2.75) is 20.0 Å². The molecule has 0 bridgehead atoms. The van der Waals surface area contributed by atoms with Crippen LogP contribution in [0.3, 0.4) is 0 Å². The number of nitrogens with zero attached hydrogens (tertiary/aromatic N) is 1. The monoisotopic (exact) mass is 331 g/mol. The molecule has 3 nitrogen and oxygen atoms in total. The summed E-state index contributed by atoms with van der Waals surface area (Å²) in [5, 5.41) is 18.8. The van der Waals surface area contributed by atoms with Crippen LogP contribution in [0.25, 0.3) is 0 Å². The van der Waals surface area contributed by atoms with Gasteiger partial charge in [-0.1, -0.05) is 28.1 Å². The van der Waals surface area contributed by atoms with Crippen LogP contribution in [0.1, 0.15) is 29.7 Å². The zero-order valence-electron chi connectivity index (χ0n) is 11.2. The highest BCUT2D eigenvalue weighted by atomic mass is 79.9. The van der Waals surface area contributed by atoms with Crippen molar-refractivity contribution in [1.29, 1.82) is 5.26 Å². The number of ether oxygens (including phenoxy) is 1. The van der Waals surface area contributed by atoms with E-state index in [1.807, 2.05) is 25.1 Å². The Morgan fingerprint density at radius 2 is 1.95 bits per heavy atom. The van der Waals surface area contributed by atoms with E-state index >= 15 is 0 Å². The lowest BCUT2D eigenvalue weighted by Gasteiger charge is -2.15. The summed E-state index contributed by atoms with van der Waals surface area (Å²) in [5.41, 5.74) is 2.13. The number of rotatable bonds is 3. The van der Waals surface area contributed by atoms with E-state index in [1.54, 1.807) is 25.1 Å². The number of hydrogen-bond donors (Lipinski definition) is 1. The number of aliphatic hydroxyl groups excluding tert-OH is 1. The molecule has 2 aromatic carbocycles. The molecule has 1 atom stereocenters. The Kier molecular flexibility index (Phi) is 4.43. The summed E-state index contributed by atoms with van der Waals surface area (Å²) in [5.74, 6) is 1.19. The molecule has 0 amide bonds. The number of nitriles is 1. The van der Waals surface area contributed by atoms with Gasteiger partial charge >= 0.3 is 0 Å². The van der Waals surface area contributed by atoms with Gasteiger partial charge < -0.3 is 9.84 Å². The van der Waals surface area contributed by atoms with Crippen LogP contribution in [0.2, 0.25) is 0 Å². The fourth-order valence-electron chi connectivity index (χ4n) is 1.84. The highest BCUT2D eigenvalue weighted by Gasteiger charge is 2.12. The third kappa shape index (κ3) is 3.19. The molecule has 0 spiro atoms. The third-order valence-corrected chi connectivity index (χ3v) is 3.46. The number of hydrogen-bond acceptors (Lipinski definition) is 3. The van der Waals surface area contributed by atoms with Gasteiger partial charge in [0.05, 0.1) is 17.7 Å². The number of aliphatic hydroxyl groups is 1. The summed E-state index contributed by atoms with van der Waals surface area (Å²) in [7, 11) is 0. The molecule has 0 saturated carbocycles. The van der Waals surface area contributed by atoms with Crippen molar-refractivity contribution in [1.82, 2.24) is 0 Å². The Morgan fingerprint density at radius 1 is 1.20 bits per heavy atom. The van der Waals surface area contributed by atoms with Crippen LogP contribution in [-0.4, -0.2) is 5.11 Å². The molecule has 0 radical (unpaired) electrons. The highest BCUT2D eigenvalue weighted by molar-refractivity contribution is 9.10. The van der Waals surface area contributed by atoms with Crippen LogP contribution >= 0.6 is 15.9 Å². The van der Waals surface area contributed by atoms with E-state index in [0.29, 0.717) is 22.6 Å². The first kappa shape index (κ1) is 14.6. The predicted molar refractivity (Wildman–Crippen MR) is 80.7 cm³/mol. The molecule has 2 aromatic rings. The Balaban J connectivity index is 2.46. The maximum atomic E-state index is 9.80. The lowest BCUT2D eigenvalue weighted by molar-refractivity contribution is 0.195. The average Bonchev–Trinajstić information content (AvgIpc) is 2.42. The van der Waals surface area contributed by atoms with Crippen LogP contribution < -0.4 is 4.74 Å². The molecular weight excluding hydrogens is 318 g/mol. The van der Waals surface area contributed by atoms with E-state index in [1.165, 1.54) is 0 Å². The fourth-order valence-corrected chi connectivity index (χ4v) is 2.18. The molecule has 0 aliphatic rings. The third-order valence-electron chi connectivity index (χ3n) is 2.96. The van der Waals surface area contributed by atoms with Gasteiger partial charge in [0.25, 0.3) is 0 Å². The van der Waals surface area contributed by atoms with E-state index in [4.69, 9.17) is 10.00 Å². The van der Waals surface area contributed by atoms with E-state index < -0.39 is 6.10 Å². The average molecular weight is 332 g/mol. The quantitative estimate of drug-likeness (QED) is 0.902. The van der Waals surface area contributed by atoms with Gasteiger partial charge in [0, 0.05) is 10.0 Å². The van der Waals surface area contributed by atoms with Crippen LogP contribution in [-0.2, 0) is 0 Å². The summed E-state index contributed by atoms with van der Waals surface area (Å²) in [6, 6.07) is 12.8. The predicted octanol–water partition coefficient (Wildman–Crippen LogP) is 4.47. The minimum absolute atomic E-state index is 0.497. The molecule has 1 N–H and O–H groups in total. The van der Waals surface area contributed by atoms with Gasteiger partial charge in [-0.05, 0) is 43.7 Å². The van der Waals surface area contributed by atoms with E-state index in [0.717, 1.165) is 10.0 Å². The second kappa shape index (κ2) is 6.08. The molecular formula is C16H14BrNO2. The van der Waals surface area contributed by atoms with Crippen LogP contribution in [0.15, 0.2) is 40.9 Å². The van der Waals surface area contributed by atoms with Crippen LogP contribution in [0.5, 0.6) is 11.5 Å². The van der Waals surface area contributed by atoms with Gasteiger partial charge in [0.15, 0.2) is 0 Å². The lowest BCUT2D eigenvalue weighted by Crippen LogP contribution is -1.98. The maximum Gasteiger partial charge on any atom is 0.134 e. The number of benzene rings is 2. The van der Waals surface area contributed by atoms with E-state index in [2.05, 4.69) is 22.0 Å². The van der Waals surface area contributed by atoms with Crippen LogP contribution in [0.4, 0.5) is 0 Å². The summed E-state index contributed by atoms with van der Waals surface area (Å²) in [6.45, 7) is 3.61. The van der Waals surface area contributed by atoms with Gasteiger partial charge in [0.1, 0.15) is 11.5 Å². The van der Waals surface area contributed by atoms with Gasteiger partial charge in [-0.25, -0.2) is 0 Å². The molecule has 0 heterocycles. The molecule has 0 unspecified atom stereocenters. The number of aryl methyl sites for hydroxylation is 1. The second-order valence-corrected chi connectivity index (χ2v) is 5.47. The Labute approximate surface area is 126 Å². The van der Waals surface area contributed by atoms with Crippen molar-refractivity contribution in [2.75, 3.05) is 0 Å². The number of halogens is 1. The van der Waals surface area contributed by atoms with E-state index in [9.17, 15) is 5.11 Å². The molecule has 102 valence electrons. The molecule has 0 aliphatic carbocycles. The maximum absolute atomic E-state index is 9.80. The molecule has 4 heteroatoms. The lowest BCUT2D eigenvalue weighted by atomic mass is 10.1. The standard InChI is InChI=1S/C16H14BrNO2/c1-10-3-5-13(17)8-15(10)20-16-7-12(9-18)4-6-14(16)11(2)19/h3-8,11,19H,1-2H3/t11-/m1/s1. The van der Waals surface area contributed by atoms with Gasteiger partial charge in [-0.3, -0.25) is 0 Å². The SMILES string of the molecule is Cc1ccc(Br)cc1Oc1cc(C#N)ccc1[C@@H](C)O. The van der Waals surface area contributed by atoms with Crippen LogP contribution in [0, 0.1) is 18.3 Å². The van der Waals surface area contributed by atoms with Crippen molar-refractivity contribution >= 4 is 15.9 Å². The zero-order chi connectivity index (χ0) is 14.7. The highest BCUT2D eigenvalue weighted by Crippen LogP contribution is 2.33. The second-order valence-electron chi connectivity index (χ2n) is 4.55. The van der Waals surface area contributed by atoms with Crippen molar-refractivity contribution < 1.29 is 9.84 Å². The first-order chi connectivity index (χ1) is 9.51. The minimum Gasteiger partial charge on any atom is -0.457 e. The largest absolute Gasteiger partial charge is 0.457 e. The Bertz CT molecular complexity index is 675. The first-order valence-electron chi connectivity index (χ1n) is 6.17. The molecule has 2 rings (SSSR count).